The van der Waals surface area contributed by atoms with Crippen LogP contribution in [0.1, 0.15) is 0 Å². The van der Waals surface area contributed by atoms with Crippen molar-refractivity contribution < 1.29 is 4.74 Å². The number of ether oxygens (including phenoxy) is 1. The number of likely N-dealkylation sites (N-methyl/N-ethyl adjacent to an activating group) is 1. The summed E-state index contributed by atoms with van der Waals surface area (Å²) in [5.74, 6) is 0.651. The Morgan fingerprint density at radius 3 is 2.57 bits per heavy atom. The molecular weight excluding hydrogens is 178 g/mol. The van der Waals surface area contributed by atoms with Crippen LogP contribution in [0.15, 0.2) is 0 Å². The van der Waals surface area contributed by atoms with E-state index < -0.39 is 0 Å². The van der Waals surface area contributed by atoms with Crippen LogP contribution < -0.4 is 5.73 Å². The van der Waals surface area contributed by atoms with Crippen molar-refractivity contribution in [1.82, 2.24) is 9.80 Å². The zero-order valence-electron chi connectivity index (χ0n) is 8.98. The zero-order chi connectivity index (χ0) is 9.97. The lowest BCUT2D eigenvalue weighted by Gasteiger charge is -2.30. The van der Waals surface area contributed by atoms with E-state index in [0.29, 0.717) is 12.0 Å². The second kappa shape index (κ2) is 4.57. The third kappa shape index (κ3) is 2.45. The summed E-state index contributed by atoms with van der Waals surface area (Å²) in [6, 6.07) is 0.364. The van der Waals surface area contributed by atoms with Crippen molar-refractivity contribution in [2.24, 2.45) is 11.7 Å². The van der Waals surface area contributed by atoms with Crippen LogP contribution in [0.4, 0.5) is 0 Å². The molecule has 2 aliphatic rings. The van der Waals surface area contributed by atoms with Crippen molar-refractivity contribution in [3.8, 4) is 0 Å². The molecule has 0 radical (unpaired) electrons. The molecule has 2 saturated heterocycles. The first-order valence-electron chi connectivity index (χ1n) is 5.50. The molecule has 0 aromatic heterocycles. The van der Waals surface area contributed by atoms with Gasteiger partial charge in [0.25, 0.3) is 0 Å². The predicted molar refractivity (Wildman–Crippen MR) is 56.2 cm³/mol. The summed E-state index contributed by atoms with van der Waals surface area (Å²) >= 11 is 0. The molecular formula is C10H21N3O. The summed E-state index contributed by atoms with van der Waals surface area (Å²) in [5.41, 5.74) is 6.09. The van der Waals surface area contributed by atoms with Gasteiger partial charge in [0, 0.05) is 44.7 Å². The van der Waals surface area contributed by atoms with Crippen molar-refractivity contribution in [2.45, 2.75) is 6.04 Å². The highest BCUT2D eigenvalue weighted by molar-refractivity contribution is 4.87. The first kappa shape index (κ1) is 10.4. The average Bonchev–Trinajstić information content (AvgIpc) is 2.47. The Morgan fingerprint density at radius 1 is 1.29 bits per heavy atom. The van der Waals surface area contributed by atoms with Crippen LogP contribution in [0.5, 0.6) is 0 Å². The van der Waals surface area contributed by atoms with Crippen molar-refractivity contribution >= 4 is 0 Å². The van der Waals surface area contributed by atoms with Crippen LogP contribution in [0.25, 0.3) is 0 Å². The molecule has 0 spiro atoms. The van der Waals surface area contributed by atoms with E-state index >= 15 is 0 Å². The molecule has 0 aliphatic carbocycles. The van der Waals surface area contributed by atoms with Gasteiger partial charge in [-0.3, -0.25) is 4.90 Å². The lowest BCUT2D eigenvalue weighted by atomic mass is 10.0. The molecule has 0 bridgehead atoms. The van der Waals surface area contributed by atoms with Crippen LogP contribution >= 0.6 is 0 Å². The summed E-state index contributed by atoms with van der Waals surface area (Å²) in [7, 11) is 2.15. The minimum absolute atomic E-state index is 0.364. The van der Waals surface area contributed by atoms with Gasteiger partial charge in [0.15, 0.2) is 0 Å². The van der Waals surface area contributed by atoms with E-state index in [0.717, 1.165) is 45.9 Å². The Morgan fingerprint density at radius 2 is 2.00 bits per heavy atom. The maximum absolute atomic E-state index is 6.09. The minimum Gasteiger partial charge on any atom is -0.379 e. The topological polar surface area (TPSA) is 41.7 Å². The molecule has 2 rings (SSSR count). The van der Waals surface area contributed by atoms with Crippen LogP contribution in [-0.4, -0.2) is 68.8 Å². The molecule has 0 aromatic carbocycles. The molecule has 4 heteroatoms. The largest absolute Gasteiger partial charge is 0.379 e. The van der Waals surface area contributed by atoms with Crippen molar-refractivity contribution in [3.63, 3.8) is 0 Å². The Kier molecular flexibility index (Phi) is 3.38. The molecule has 2 aliphatic heterocycles. The van der Waals surface area contributed by atoms with Gasteiger partial charge >= 0.3 is 0 Å². The normalized spacial score (nSPS) is 36.4. The van der Waals surface area contributed by atoms with Gasteiger partial charge in [-0.2, -0.15) is 0 Å². The summed E-state index contributed by atoms with van der Waals surface area (Å²) in [5, 5.41) is 0. The molecule has 2 fully saturated rings. The first-order chi connectivity index (χ1) is 6.75. The van der Waals surface area contributed by atoms with Gasteiger partial charge in [0.1, 0.15) is 0 Å². The van der Waals surface area contributed by atoms with Crippen LogP contribution in [0, 0.1) is 5.92 Å². The third-order valence-electron chi connectivity index (χ3n) is 3.27. The van der Waals surface area contributed by atoms with Crippen LogP contribution in [-0.2, 0) is 4.74 Å². The van der Waals surface area contributed by atoms with E-state index in [2.05, 4.69) is 16.8 Å². The predicted octanol–water partition coefficient (Wildman–Crippen LogP) is -0.792. The smallest absolute Gasteiger partial charge is 0.0594 e. The second-order valence-corrected chi connectivity index (χ2v) is 4.56. The highest BCUT2D eigenvalue weighted by Gasteiger charge is 2.29. The average molecular weight is 199 g/mol. The molecule has 2 heterocycles. The Bertz CT molecular complexity index is 182. The summed E-state index contributed by atoms with van der Waals surface area (Å²) < 4.78 is 5.33. The van der Waals surface area contributed by atoms with Gasteiger partial charge in [-0.25, -0.2) is 0 Å². The quantitative estimate of drug-likeness (QED) is 0.633. The van der Waals surface area contributed by atoms with Gasteiger partial charge in [0.05, 0.1) is 13.2 Å². The van der Waals surface area contributed by atoms with Gasteiger partial charge in [-0.05, 0) is 7.05 Å². The van der Waals surface area contributed by atoms with Gasteiger partial charge in [0.2, 0.25) is 0 Å². The molecule has 2 N–H and O–H groups in total. The van der Waals surface area contributed by atoms with E-state index in [4.69, 9.17) is 10.5 Å². The molecule has 2 unspecified atom stereocenters. The number of morpholine rings is 1. The molecule has 0 aromatic rings. The van der Waals surface area contributed by atoms with Crippen molar-refractivity contribution in [2.75, 3.05) is 53.0 Å². The lowest BCUT2D eigenvalue weighted by Crippen LogP contribution is -2.43. The number of nitrogens with zero attached hydrogens (tertiary/aromatic N) is 2. The highest BCUT2D eigenvalue weighted by Crippen LogP contribution is 2.15. The van der Waals surface area contributed by atoms with Crippen molar-refractivity contribution in [3.05, 3.63) is 0 Å². The zero-order valence-corrected chi connectivity index (χ0v) is 8.98. The molecule has 0 amide bonds. The minimum atomic E-state index is 0.364. The van der Waals surface area contributed by atoms with E-state index in [1.165, 1.54) is 0 Å². The van der Waals surface area contributed by atoms with Gasteiger partial charge in [-0.15, -0.1) is 0 Å². The van der Waals surface area contributed by atoms with E-state index in [1.54, 1.807) is 0 Å². The fourth-order valence-corrected chi connectivity index (χ4v) is 2.43. The van der Waals surface area contributed by atoms with Crippen LogP contribution in [0.3, 0.4) is 0 Å². The Balaban J connectivity index is 1.78. The molecule has 2 atom stereocenters. The highest BCUT2D eigenvalue weighted by atomic mass is 16.5. The lowest BCUT2D eigenvalue weighted by molar-refractivity contribution is 0.0305. The summed E-state index contributed by atoms with van der Waals surface area (Å²) in [4.78, 5) is 4.81. The summed E-state index contributed by atoms with van der Waals surface area (Å²) in [6.45, 7) is 7.28. The van der Waals surface area contributed by atoms with Gasteiger partial charge < -0.3 is 15.4 Å². The van der Waals surface area contributed by atoms with Gasteiger partial charge in [-0.1, -0.05) is 0 Å². The van der Waals surface area contributed by atoms with E-state index in [1.807, 2.05) is 0 Å². The fourth-order valence-electron chi connectivity index (χ4n) is 2.43. The summed E-state index contributed by atoms with van der Waals surface area (Å²) in [6.07, 6.45) is 0. The fraction of sp³-hybridized carbons (Fsp3) is 1.00. The number of hydrogen-bond donors (Lipinski definition) is 1. The number of nitrogens with two attached hydrogens (primary N) is 1. The molecule has 4 nitrogen and oxygen atoms in total. The number of hydrogen-bond acceptors (Lipinski definition) is 4. The van der Waals surface area contributed by atoms with Crippen molar-refractivity contribution in [1.29, 1.82) is 0 Å². The second-order valence-electron chi connectivity index (χ2n) is 4.56. The van der Waals surface area contributed by atoms with E-state index in [9.17, 15) is 0 Å². The Labute approximate surface area is 86.0 Å². The maximum atomic E-state index is 6.09. The molecule has 14 heavy (non-hydrogen) atoms. The Hall–Kier alpha value is -0.160. The molecule has 0 saturated carbocycles. The SMILES string of the molecule is CN1CC(N)C(CN2CCOCC2)C1. The van der Waals surface area contributed by atoms with Crippen LogP contribution in [0.2, 0.25) is 0 Å². The monoisotopic (exact) mass is 199 g/mol. The number of rotatable bonds is 2. The first-order valence-corrected chi connectivity index (χ1v) is 5.50. The maximum Gasteiger partial charge on any atom is 0.0594 e. The number of likely N-dealkylation sites (tertiary alicyclic amines) is 1. The standard InChI is InChI=1S/C10H21N3O/c1-12-6-9(10(11)8-12)7-13-2-4-14-5-3-13/h9-10H,2-8,11H2,1H3. The molecule has 82 valence electrons. The van der Waals surface area contributed by atoms with E-state index in [-0.39, 0.29) is 0 Å². The third-order valence-corrected chi connectivity index (χ3v) is 3.27.